The summed E-state index contributed by atoms with van der Waals surface area (Å²) in [5.41, 5.74) is 2.55. The van der Waals surface area contributed by atoms with Gasteiger partial charge in [0.15, 0.2) is 5.82 Å². The van der Waals surface area contributed by atoms with E-state index in [1.165, 1.54) is 6.07 Å². The largest absolute Gasteiger partial charge is 0.481 e. The molecule has 1 fully saturated rings. The fourth-order valence-corrected chi connectivity index (χ4v) is 4.06. The van der Waals surface area contributed by atoms with Gasteiger partial charge in [0.05, 0.1) is 17.0 Å². The maximum Gasteiger partial charge on any atom is 0.306 e. The van der Waals surface area contributed by atoms with Crippen LogP contribution in [-0.4, -0.2) is 27.1 Å². The molecule has 0 atom stereocenters. The number of carbonyl (C=O) groups is 1. The summed E-state index contributed by atoms with van der Waals surface area (Å²) in [6.45, 7) is 0. The molecule has 1 saturated carbocycles. The predicted octanol–water partition coefficient (Wildman–Crippen LogP) is 5.51. The van der Waals surface area contributed by atoms with Crippen LogP contribution in [0.5, 0.6) is 6.01 Å². The van der Waals surface area contributed by atoms with Crippen molar-refractivity contribution in [3.8, 4) is 6.01 Å². The quantitative estimate of drug-likeness (QED) is 0.555. The SMILES string of the molecule is O=C(O)C1CC(Oc2nc3c(F)c(C4=CC=C(c5ccccc5)CC=C4)c(F)cc3[nH]2)C1. The van der Waals surface area contributed by atoms with Crippen LogP contribution < -0.4 is 4.74 Å². The topological polar surface area (TPSA) is 75.2 Å². The summed E-state index contributed by atoms with van der Waals surface area (Å²) < 4.78 is 35.9. The maximum absolute atomic E-state index is 15.3. The second kappa shape index (κ2) is 8.07. The Morgan fingerprint density at radius 3 is 2.69 bits per heavy atom. The van der Waals surface area contributed by atoms with Crippen LogP contribution in [0.3, 0.4) is 0 Å². The first-order valence-corrected chi connectivity index (χ1v) is 10.4. The zero-order valence-electron chi connectivity index (χ0n) is 17.0. The Balaban J connectivity index is 1.45. The van der Waals surface area contributed by atoms with E-state index in [9.17, 15) is 9.18 Å². The molecule has 1 heterocycles. The van der Waals surface area contributed by atoms with Gasteiger partial charge in [0.2, 0.25) is 0 Å². The molecule has 2 aliphatic rings. The third-order valence-corrected chi connectivity index (χ3v) is 5.90. The average Bonchev–Trinajstić information content (AvgIpc) is 2.99. The minimum atomic E-state index is -0.860. The third kappa shape index (κ3) is 3.70. The van der Waals surface area contributed by atoms with Gasteiger partial charge in [-0.15, -0.1) is 0 Å². The van der Waals surface area contributed by atoms with Gasteiger partial charge in [-0.2, -0.15) is 4.98 Å². The van der Waals surface area contributed by atoms with Gasteiger partial charge < -0.3 is 14.8 Å². The van der Waals surface area contributed by atoms with Gasteiger partial charge >= 0.3 is 5.97 Å². The summed E-state index contributed by atoms with van der Waals surface area (Å²) in [5.74, 6) is -2.77. The Morgan fingerprint density at radius 1 is 1.16 bits per heavy atom. The number of allylic oxidation sites excluding steroid dienone is 6. The molecule has 0 amide bonds. The summed E-state index contributed by atoms with van der Waals surface area (Å²) in [6, 6.07) is 11.1. The summed E-state index contributed by atoms with van der Waals surface area (Å²) >= 11 is 0. The van der Waals surface area contributed by atoms with Gasteiger partial charge in [-0.1, -0.05) is 54.6 Å². The van der Waals surface area contributed by atoms with Crippen molar-refractivity contribution in [2.24, 2.45) is 5.92 Å². The first-order chi connectivity index (χ1) is 15.5. The van der Waals surface area contributed by atoms with Crippen LogP contribution in [0.2, 0.25) is 0 Å². The Hall–Kier alpha value is -3.74. The molecule has 0 unspecified atom stereocenters. The molecule has 0 spiro atoms. The highest BCUT2D eigenvalue weighted by Gasteiger charge is 2.36. The maximum atomic E-state index is 15.3. The number of H-pyrrole nitrogens is 1. The second-order valence-electron chi connectivity index (χ2n) is 8.02. The van der Waals surface area contributed by atoms with E-state index in [0.29, 0.717) is 24.8 Å². The van der Waals surface area contributed by atoms with E-state index in [2.05, 4.69) is 9.97 Å². The lowest BCUT2D eigenvalue weighted by molar-refractivity contribution is -0.148. The number of hydrogen-bond donors (Lipinski definition) is 2. The first kappa shape index (κ1) is 20.2. The van der Waals surface area contributed by atoms with Gasteiger partial charge in [0, 0.05) is 6.07 Å². The predicted molar refractivity (Wildman–Crippen MR) is 117 cm³/mol. The molecular formula is C25H20F2N2O3. The number of hydrogen-bond acceptors (Lipinski definition) is 3. The van der Waals surface area contributed by atoms with E-state index in [4.69, 9.17) is 9.84 Å². The highest BCUT2D eigenvalue weighted by Crippen LogP contribution is 2.34. The number of aromatic nitrogens is 2. The average molecular weight is 434 g/mol. The number of aliphatic carboxylic acids is 1. The molecule has 7 heteroatoms. The summed E-state index contributed by atoms with van der Waals surface area (Å²) in [7, 11) is 0. The number of nitrogens with one attached hydrogen (secondary N) is 1. The number of nitrogens with zero attached hydrogens (tertiary/aromatic N) is 1. The Morgan fingerprint density at radius 2 is 1.94 bits per heavy atom. The number of halogens is 2. The number of rotatable bonds is 5. The van der Waals surface area contributed by atoms with E-state index in [-0.39, 0.29) is 28.7 Å². The molecule has 0 bridgehead atoms. The Bertz CT molecular complexity index is 1290. The Labute approximate surface area is 182 Å². The fraction of sp³-hybridized carbons (Fsp3) is 0.200. The molecule has 5 nitrogen and oxygen atoms in total. The Kier molecular flexibility index (Phi) is 5.09. The number of carboxylic acid groups (broad SMARTS) is 1. The zero-order valence-corrected chi connectivity index (χ0v) is 17.0. The molecule has 2 N–H and O–H groups in total. The molecular weight excluding hydrogens is 414 g/mol. The molecule has 2 aliphatic carbocycles. The number of fused-ring (bicyclic) bond motifs is 1. The van der Waals surface area contributed by atoms with Gasteiger partial charge in [-0.25, -0.2) is 8.78 Å². The van der Waals surface area contributed by atoms with E-state index in [1.54, 1.807) is 12.2 Å². The van der Waals surface area contributed by atoms with Crippen LogP contribution in [0.25, 0.3) is 22.2 Å². The molecule has 162 valence electrons. The zero-order chi connectivity index (χ0) is 22.2. The monoisotopic (exact) mass is 434 g/mol. The highest BCUT2D eigenvalue weighted by atomic mass is 19.1. The minimum Gasteiger partial charge on any atom is -0.481 e. The molecule has 1 aromatic heterocycles. The van der Waals surface area contributed by atoms with Crippen LogP contribution >= 0.6 is 0 Å². The van der Waals surface area contributed by atoms with E-state index in [0.717, 1.165) is 11.1 Å². The van der Waals surface area contributed by atoms with Crippen molar-refractivity contribution in [2.45, 2.75) is 25.4 Å². The van der Waals surface area contributed by atoms with Crippen LogP contribution in [0.1, 0.15) is 30.4 Å². The third-order valence-electron chi connectivity index (χ3n) is 5.90. The molecule has 32 heavy (non-hydrogen) atoms. The lowest BCUT2D eigenvalue weighted by Gasteiger charge is -2.31. The van der Waals surface area contributed by atoms with Gasteiger partial charge in [0.1, 0.15) is 17.4 Å². The van der Waals surface area contributed by atoms with Crippen LogP contribution in [0.4, 0.5) is 8.78 Å². The molecule has 0 saturated heterocycles. The standard InChI is InChI=1S/C25H20F2N2O3/c26-19-13-20-23(29-25(28-20)32-18-11-17(12-18)24(30)31)22(27)21(19)16-8-4-7-15(9-10-16)14-5-2-1-3-6-14/h1-6,8-10,13,17-18H,7,11-12H2,(H,28,29)(H,30,31). The minimum absolute atomic E-state index is 0.0173. The summed E-state index contributed by atoms with van der Waals surface area (Å²) in [6.07, 6.45) is 8.25. The number of aromatic amines is 1. The first-order valence-electron chi connectivity index (χ1n) is 10.4. The van der Waals surface area contributed by atoms with E-state index >= 15 is 4.39 Å². The number of carboxylic acids is 1. The van der Waals surface area contributed by atoms with Crippen LogP contribution in [0.15, 0.2) is 60.7 Å². The van der Waals surface area contributed by atoms with Crippen molar-refractivity contribution in [3.63, 3.8) is 0 Å². The molecule has 5 rings (SSSR count). The van der Waals surface area contributed by atoms with Crippen LogP contribution in [0, 0.1) is 17.6 Å². The normalized spacial score (nSPS) is 20.3. The number of imidazole rings is 1. The van der Waals surface area contributed by atoms with Gasteiger partial charge in [-0.05, 0) is 36.0 Å². The van der Waals surface area contributed by atoms with Crippen molar-refractivity contribution in [1.82, 2.24) is 9.97 Å². The lowest BCUT2D eigenvalue weighted by atomic mass is 9.82. The van der Waals surface area contributed by atoms with Crippen LogP contribution in [-0.2, 0) is 4.79 Å². The molecule has 0 radical (unpaired) electrons. The second-order valence-corrected chi connectivity index (χ2v) is 8.02. The fourth-order valence-electron chi connectivity index (χ4n) is 4.06. The summed E-state index contributed by atoms with van der Waals surface area (Å²) in [5, 5.41) is 8.97. The van der Waals surface area contributed by atoms with E-state index in [1.807, 2.05) is 42.5 Å². The van der Waals surface area contributed by atoms with Gasteiger partial charge in [-0.3, -0.25) is 4.79 Å². The highest BCUT2D eigenvalue weighted by molar-refractivity contribution is 5.87. The number of ether oxygens (including phenoxy) is 1. The van der Waals surface area contributed by atoms with Crippen molar-refractivity contribution < 1.29 is 23.4 Å². The molecule has 3 aromatic rings. The molecule has 0 aliphatic heterocycles. The summed E-state index contributed by atoms with van der Waals surface area (Å²) in [4.78, 5) is 17.9. The van der Waals surface area contributed by atoms with Crippen molar-refractivity contribution >= 4 is 28.1 Å². The van der Waals surface area contributed by atoms with Crippen molar-refractivity contribution in [3.05, 3.63) is 83.5 Å². The van der Waals surface area contributed by atoms with Gasteiger partial charge in [0.25, 0.3) is 6.01 Å². The smallest absolute Gasteiger partial charge is 0.306 e. The van der Waals surface area contributed by atoms with Crippen molar-refractivity contribution in [1.29, 1.82) is 0 Å². The van der Waals surface area contributed by atoms with E-state index < -0.39 is 23.5 Å². The van der Waals surface area contributed by atoms with Crippen molar-refractivity contribution in [2.75, 3.05) is 0 Å². The molecule has 2 aromatic carbocycles. The number of benzene rings is 2. The lowest BCUT2D eigenvalue weighted by Crippen LogP contribution is -2.38.